The minimum atomic E-state index is 0.579. The summed E-state index contributed by atoms with van der Waals surface area (Å²) in [5.41, 5.74) is 6.71. The highest BCUT2D eigenvalue weighted by atomic mass is 16.5. The molecule has 0 aromatic heterocycles. The number of benzene rings is 1. The summed E-state index contributed by atoms with van der Waals surface area (Å²) in [4.78, 5) is 2.39. The van der Waals surface area contributed by atoms with Crippen molar-refractivity contribution in [2.24, 2.45) is 11.7 Å². The molecule has 118 valence electrons. The summed E-state index contributed by atoms with van der Waals surface area (Å²) < 4.78 is 11.3. The number of rotatable bonds is 8. The first-order valence-corrected chi connectivity index (χ1v) is 7.96. The van der Waals surface area contributed by atoms with Crippen molar-refractivity contribution in [2.75, 3.05) is 40.0 Å². The van der Waals surface area contributed by atoms with Gasteiger partial charge in [-0.15, -0.1) is 0 Å². The Morgan fingerprint density at radius 1 is 1.33 bits per heavy atom. The molecule has 1 unspecified atom stereocenters. The van der Waals surface area contributed by atoms with Crippen LogP contribution < -0.4 is 10.5 Å². The molecule has 0 aliphatic carbocycles. The van der Waals surface area contributed by atoms with Crippen LogP contribution in [-0.4, -0.2) is 44.9 Å². The highest BCUT2D eigenvalue weighted by Gasteiger charge is 2.15. The van der Waals surface area contributed by atoms with Crippen LogP contribution in [0.3, 0.4) is 0 Å². The van der Waals surface area contributed by atoms with Gasteiger partial charge in [0.2, 0.25) is 0 Å². The zero-order valence-electron chi connectivity index (χ0n) is 13.1. The molecule has 0 bridgehead atoms. The van der Waals surface area contributed by atoms with Gasteiger partial charge >= 0.3 is 0 Å². The molecule has 1 fully saturated rings. The smallest absolute Gasteiger partial charge is 0.119 e. The summed E-state index contributed by atoms with van der Waals surface area (Å²) in [5, 5.41) is 0. The van der Waals surface area contributed by atoms with Crippen molar-refractivity contribution in [3.63, 3.8) is 0 Å². The predicted octanol–water partition coefficient (Wildman–Crippen LogP) is 2.27. The quantitative estimate of drug-likeness (QED) is 0.747. The molecule has 1 aromatic carbocycles. The van der Waals surface area contributed by atoms with Crippen LogP contribution in [0.25, 0.3) is 0 Å². The van der Waals surface area contributed by atoms with Crippen LogP contribution in [0.4, 0.5) is 0 Å². The van der Waals surface area contributed by atoms with E-state index in [-0.39, 0.29) is 0 Å². The Bertz CT molecular complexity index is 388. The third-order valence-electron chi connectivity index (χ3n) is 3.94. The zero-order chi connectivity index (χ0) is 14.9. The second kappa shape index (κ2) is 9.03. The van der Waals surface area contributed by atoms with E-state index in [1.165, 1.54) is 12.8 Å². The first-order valence-electron chi connectivity index (χ1n) is 7.96. The van der Waals surface area contributed by atoms with Gasteiger partial charge in [-0.3, -0.25) is 0 Å². The summed E-state index contributed by atoms with van der Waals surface area (Å²) in [6.07, 6.45) is 3.55. The van der Waals surface area contributed by atoms with Crippen molar-refractivity contribution in [1.29, 1.82) is 0 Å². The largest absolute Gasteiger partial charge is 0.494 e. The van der Waals surface area contributed by atoms with E-state index < -0.39 is 0 Å². The normalized spacial score (nSPS) is 18.9. The van der Waals surface area contributed by atoms with Crippen LogP contribution in [0, 0.1) is 5.92 Å². The Hall–Kier alpha value is -1.10. The van der Waals surface area contributed by atoms with E-state index in [1.54, 1.807) is 0 Å². The molecule has 21 heavy (non-hydrogen) atoms. The van der Waals surface area contributed by atoms with Gasteiger partial charge in [0.25, 0.3) is 0 Å². The molecule has 1 aliphatic rings. The van der Waals surface area contributed by atoms with Crippen LogP contribution >= 0.6 is 0 Å². The molecule has 0 amide bonds. The average molecular weight is 292 g/mol. The molecule has 0 spiro atoms. The summed E-state index contributed by atoms with van der Waals surface area (Å²) in [6.45, 7) is 5.40. The van der Waals surface area contributed by atoms with Gasteiger partial charge in [-0.05, 0) is 49.9 Å². The number of nitrogens with two attached hydrogens (primary N) is 1. The van der Waals surface area contributed by atoms with Crippen LogP contribution in [0.15, 0.2) is 24.3 Å². The van der Waals surface area contributed by atoms with Crippen molar-refractivity contribution in [1.82, 2.24) is 4.90 Å². The first kappa shape index (κ1) is 16.3. The molecule has 1 heterocycles. The second-order valence-corrected chi connectivity index (χ2v) is 5.90. The number of hydrogen-bond donors (Lipinski definition) is 1. The average Bonchev–Trinajstić information content (AvgIpc) is 2.53. The van der Waals surface area contributed by atoms with Gasteiger partial charge in [0.15, 0.2) is 0 Å². The summed E-state index contributed by atoms with van der Waals surface area (Å²) in [5.74, 6) is 1.63. The first-order chi connectivity index (χ1) is 10.3. The zero-order valence-corrected chi connectivity index (χ0v) is 13.1. The Morgan fingerprint density at radius 3 is 2.81 bits per heavy atom. The third-order valence-corrected chi connectivity index (χ3v) is 3.94. The Morgan fingerprint density at radius 2 is 2.14 bits per heavy atom. The summed E-state index contributed by atoms with van der Waals surface area (Å²) >= 11 is 0. The van der Waals surface area contributed by atoms with E-state index in [2.05, 4.69) is 11.9 Å². The molecule has 4 heteroatoms. The minimum absolute atomic E-state index is 0.579. The molecule has 1 aliphatic heterocycles. The van der Waals surface area contributed by atoms with E-state index >= 15 is 0 Å². The van der Waals surface area contributed by atoms with Crippen LogP contribution in [0.2, 0.25) is 0 Å². The fraction of sp³-hybridized carbons (Fsp3) is 0.647. The second-order valence-electron chi connectivity index (χ2n) is 5.90. The van der Waals surface area contributed by atoms with E-state index in [1.807, 2.05) is 24.3 Å². The molecular formula is C17H28N2O2. The van der Waals surface area contributed by atoms with Gasteiger partial charge < -0.3 is 20.1 Å². The Labute approximate surface area is 128 Å². The number of ether oxygens (including phenoxy) is 2. The molecule has 0 radical (unpaired) electrons. The highest BCUT2D eigenvalue weighted by molar-refractivity contribution is 5.26. The van der Waals surface area contributed by atoms with Crippen molar-refractivity contribution in [2.45, 2.75) is 25.8 Å². The summed E-state index contributed by atoms with van der Waals surface area (Å²) in [7, 11) is 2.19. The summed E-state index contributed by atoms with van der Waals surface area (Å²) in [6, 6.07) is 8.02. The third kappa shape index (κ3) is 6.04. The molecule has 0 saturated carbocycles. The Balaban J connectivity index is 1.57. The van der Waals surface area contributed by atoms with Crippen molar-refractivity contribution >= 4 is 0 Å². The standard InChI is InChI=1S/C17H28N2O2/c1-19(13-16-4-2-10-20-14-16)9-3-11-21-17-7-5-15(12-18)6-8-17/h5-8,16H,2-4,9-14,18H2,1H3. The van der Waals surface area contributed by atoms with Gasteiger partial charge in [-0.2, -0.15) is 0 Å². The van der Waals surface area contributed by atoms with Crippen molar-refractivity contribution in [3.8, 4) is 5.75 Å². The van der Waals surface area contributed by atoms with Gasteiger partial charge in [0.1, 0.15) is 5.75 Å². The number of nitrogens with zero attached hydrogens (tertiary/aromatic N) is 1. The SMILES string of the molecule is CN(CCCOc1ccc(CN)cc1)CC1CCCOC1. The van der Waals surface area contributed by atoms with Crippen LogP contribution in [0.5, 0.6) is 5.75 Å². The van der Waals surface area contributed by atoms with Crippen LogP contribution in [0.1, 0.15) is 24.8 Å². The maximum Gasteiger partial charge on any atom is 0.119 e. The topological polar surface area (TPSA) is 47.7 Å². The molecule has 2 N–H and O–H groups in total. The maximum atomic E-state index is 5.75. The lowest BCUT2D eigenvalue weighted by molar-refractivity contribution is 0.0415. The van der Waals surface area contributed by atoms with E-state index in [0.717, 1.165) is 50.6 Å². The Kier molecular flexibility index (Phi) is 7.00. The molecule has 1 saturated heterocycles. The minimum Gasteiger partial charge on any atom is -0.494 e. The molecule has 4 nitrogen and oxygen atoms in total. The van der Waals surface area contributed by atoms with E-state index in [9.17, 15) is 0 Å². The fourth-order valence-electron chi connectivity index (χ4n) is 2.73. The van der Waals surface area contributed by atoms with Gasteiger partial charge in [-0.1, -0.05) is 12.1 Å². The molecule has 1 atom stereocenters. The number of hydrogen-bond acceptors (Lipinski definition) is 4. The lowest BCUT2D eigenvalue weighted by Crippen LogP contribution is -2.32. The van der Waals surface area contributed by atoms with E-state index in [4.69, 9.17) is 15.2 Å². The van der Waals surface area contributed by atoms with Gasteiger partial charge in [0, 0.05) is 26.2 Å². The van der Waals surface area contributed by atoms with Crippen molar-refractivity contribution in [3.05, 3.63) is 29.8 Å². The van der Waals surface area contributed by atoms with Gasteiger partial charge in [-0.25, -0.2) is 0 Å². The predicted molar refractivity (Wildman–Crippen MR) is 85.5 cm³/mol. The highest BCUT2D eigenvalue weighted by Crippen LogP contribution is 2.15. The van der Waals surface area contributed by atoms with Gasteiger partial charge in [0.05, 0.1) is 13.2 Å². The fourth-order valence-corrected chi connectivity index (χ4v) is 2.73. The lowest BCUT2D eigenvalue weighted by atomic mass is 10.0. The van der Waals surface area contributed by atoms with Crippen molar-refractivity contribution < 1.29 is 9.47 Å². The molecular weight excluding hydrogens is 264 g/mol. The monoisotopic (exact) mass is 292 g/mol. The molecule has 2 rings (SSSR count). The molecule has 1 aromatic rings. The van der Waals surface area contributed by atoms with E-state index in [0.29, 0.717) is 12.5 Å². The maximum absolute atomic E-state index is 5.75. The lowest BCUT2D eigenvalue weighted by Gasteiger charge is -2.27. The van der Waals surface area contributed by atoms with Crippen LogP contribution in [-0.2, 0) is 11.3 Å².